The third-order valence-corrected chi connectivity index (χ3v) is 1.70. The summed E-state index contributed by atoms with van der Waals surface area (Å²) in [5, 5.41) is 10.5. The molecule has 0 aromatic heterocycles. The minimum absolute atomic E-state index is 0.0897. The SMILES string of the molecule is O=C([O-])c1cccc(COCC(F)(F)F)c1. The second-order valence-corrected chi connectivity index (χ2v) is 3.10. The average Bonchev–Trinajstić information content (AvgIpc) is 2.16. The number of carboxylic acid groups (broad SMARTS) is 1. The third-order valence-electron chi connectivity index (χ3n) is 1.70. The second kappa shape index (κ2) is 4.98. The van der Waals surface area contributed by atoms with Gasteiger partial charge in [0.25, 0.3) is 0 Å². The molecule has 3 nitrogen and oxygen atoms in total. The van der Waals surface area contributed by atoms with E-state index in [1.54, 1.807) is 0 Å². The van der Waals surface area contributed by atoms with E-state index in [2.05, 4.69) is 4.74 Å². The molecule has 16 heavy (non-hydrogen) atoms. The number of carboxylic acids is 1. The molecule has 0 bridgehead atoms. The van der Waals surface area contributed by atoms with Crippen LogP contribution in [0.25, 0.3) is 0 Å². The molecule has 1 rings (SSSR count). The molecule has 0 atom stereocenters. The summed E-state index contributed by atoms with van der Waals surface area (Å²) in [4.78, 5) is 10.5. The van der Waals surface area contributed by atoms with Gasteiger partial charge in [-0.25, -0.2) is 0 Å². The van der Waals surface area contributed by atoms with Crippen molar-refractivity contribution >= 4 is 5.97 Å². The van der Waals surface area contributed by atoms with Crippen LogP contribution in [0.3, 0.4) is 0 Å². The first-order valence-electron chi connectivity index (χ1n) is 4.33. The fourth-order valence-electron chi connectivity index (χ4n) is 1.07. The van der Waals surface area contributed by atoms with Crippen molar-refractivity contribution in [3.8, 4) is 0 Å². The van der Waals surface area contributed by atoms with Gasteiger partial charge in [-0.2, -0.15) is 13.2 Å². The summed E-state index contributed by atoms with van der Waals surface area (Å²) in [7, 11) is 0. The van der Waals surface area contributed by atoms with E-state index in [4.69, 9.17) is 0 Å². The average molecular weight is 233 g/mol. The van der Waals surface area contributed by atoms with Crippen molar-refractivity contribution in [1.29, 1.82) is 0 Å². The number of benzene rings is 1. The molecule has 1 aromatic carbocycles. The van der Waals surface area contributed by atoms with Crippen LogP contribution in [0.15, 0.2) is 24.3 Å². The van der Waals surface area contributed by atoms with Crippen molar-refractivity contribution < 1.29 is 27.8 Å². The molecular weight excluding hydrogens is 225 g/mol. The summed E-state index contributed by atoms with van der Waals surface area (Å²) in [5.74, 6) is -1.38. The highest BCUT2D eigenvalue weighted by Gasteiger charge is 2.27. The number of ether oxygens (including phenoxy) is 1. The smallest absolute Gasteiger partial charge is 0.411 e. The Balaban J connectivity index is 2.55. The van der Waals surface area contributed by atoms with Gasteiger partial charge in [0.15, 0.2) is 0 Å². The van der Waals surface area contributed by atoms with E-state index in [1.807, 2.05) is 0 Å². The molecule has 0 spiro atoms. The molecule has 0 saturated carbocycles. The summed E-state index contributed by atoms with van der Waals surface area (Å²) in [6.07, 6.45) is -4.38. The molecule has 1 aromatic rings. The summed E-state index contributed by atoms with van der Waals surface area (Å²) in [6.45, 7) is -1.65. The minimum atomic E-state index is -4.38. The summed E-state index contributed by atoms with van der Waals surface area (Å²) >= 11 is 0. The second-order valence-electron chi connectivity index (χ2n) is 3.10. The van der Waals surface area contributed by atoms with Crippen LogP contribution in [-0.2, 0) is 11.3 Å². The van der Waals surface area contributed by atoms with Gasteiger partial charge in [0.05, 0.1) is 12.6 Å². The van der Waals surface area contributed by atoms with Crippen LogP contribution in [0.4, 0.5) is 13.2 Å². The normalized spacial score (nSPS) is 11.4. The van der Waals surface area contributed by atoms with Gasteiger partial charge in [0.2, 0.25) is 0 Å². The van der Waals surface area contributed by atoms with Crippen molar-refractivity contribution in [3.05, 3.63) is 35.4 Å². The van der Waals surface area contributed by atoms with E-state index in [0.29, 0.717) is 5.56 Å². The molecule has 0 radical (unpaired) electrons. The zero-order chi connectivity index (χ0) is 12.2. The largest absolute Gasteiger partial charge is 0.545 e. The van der Waals surface area contributed by atoms with E-state index >= 15 is 0 Å². The topological polar surface area (TPSA) is 49.4 Å². The zero-order valence-electron chi connectivity index (χ0n) is 8.08. The van der Waals surface area contributed by atoms with Gasteiger partial charge < -0.3 is 14.6 Å². The highest BCUT2D eigenvalue weighted by Crippen LogP contribution is 2.15. The van der Waals surface area contributed by atoms with Crippen LogP contribution in [0, 0.1) is 0 Å². The van der Waals surface area contributed by atoms with Crippen LogP contribution in [0.1, 0.15) is 15.9 Å². The lowest BCUT2D eigenvalue weighted by molar-refractivity contribution is -0.255. The predicted molar refractivity (Wildman–Crippen MR) is 46.5 cm³/mol. The molecule has 0 aliphatic rings. The van der Waals surface area contributed by atoms with Crippen LogP contribution in [0.2, 0.25) is 0 Å². The zero-order valence-corrected chi connectivity index (χ0v) is 8.08. The standard InChI is InChI=1S/C10H9F3O3/c11-10(12,13)6-16-5-7-2-1-3-8(4-7)9(14)15/h1-4H,5-6H2,(H,14,15)/p-1. The van der Waals surface area contributed by atoms with Crippen molar-refractivity contribution in [2.45, 2.75) is 12.8 Å². The number of rotatable bonds is 4. The highest BCUT2D eigenvalue weighted by molar-refractivity contribution is 5.85. The highest BCUT2D eigenvalue weighted by atomic mass is 19.4. The van der Waals surface area contributed by atoms with Crippen molar-refractivity contribution in [1.82, 2.24) is 0 Å². The van der Waals surface area contributed by atoms with Gasteiger partial charge >= 0.3 is 6.18 Å². The number of carbonyl (C=O) groups is 1. The Labute approximate surface area is 89.5 Å². The van der Waals surface area contributed by atoms with Crippen LogP contribution < -0.4 is 5.11 Å². The summed E-state index contributed by atoms with van der Waals surface area (Å²) in [6, 6.07) is 5.40. The predicted octanol–water partition coefficient (Wildman–Crippen LogP) is 1.13. The van der Waals surface area contributed by atoms with Gasteiger partial charge in [-0.15, -0.1) is 0 Å². The molecule has 0 fully saturated rings. The number of carbonyl (C=O) groups excluding carboxylic acids is 1. The van der Waals surface area contributed by atoms with Crippen LogP contribution in [-0.4, -0.2) is 18.8 Å². The molecule has 0 amide bonds. The van der Waals surface area contributed by atoms with Gasteiger partial charge in [-0.3, -0.25) is 0 Å². The maximum absolute atomic E-state index is 11.7. The van der Waals surface area contributed by atoms with Crippen LogP contribution >= 0.6 is 0 Å². The van der Waals surface area contributed by atoms with Crippen LogP contribution in [0.5, 0.6) is 0 Å². The quantitative estimate of drug-likeness (QED) is 0.783. The Morgan fingerprint density at radius 3 is 2.62 bits per heavy atom. The van der Waals surface area contributed by atoms with Gasteiger partial charge in [0, 0.05) is 0 Å². The molecule has 6 heteroatoms. The maximum atomic E-state index is 11.7. The van der Waals surface area contributed by atoms with Gasteiger partial charge in [-0.1, -0.05) is 18.2 Å². The molecular formula is C10H8F3O3-. The number of alkyl halides is 3. The van der Waals surface area contributed by atoms with Crippen molar-refractivity contribution in [2.75, 3.05) is 6.61 Å². The number of hydrogen-bond acceptors (Lipinski definition) is 3. The lowest BCUT2D eigenvalue weighted by Crippen LogP contribution is -2.22. The van der Waals surface area contributed by atoms with E-state index < -0.39 is 18.8 Å². The third kappa shape index (κ3) is 4.31. The number of halogens is 3. The summed E-state index contributed by atoms with van der Waals surface area (Å²) in [5.41, 5.74) is 0.263. The Bertz CT molecular complexity index is 374. The Kier molecular flexibility index (Phi) is 3.89. The first kappa shape index (κ1) is 12.5. The monoisotopic (exact) mass is 233 g/mol. The van der Waals surface area contributed by atoms with Crippen molar-refractivity contribution in [3.63, 3.8) is 0 Å². The van der Waals surface area contributed by atoms with Gasteiger partial charge in [0.1, 0.15) is 6.61 Å². The fraction of sp³-hybridized carbons (Fsp3) is 0.300. The van der Waals surface area contributed by atoms with E-state index in [9.17, 15) is 23.1 Å². The molecule has 0 unspecified atom stereocenters. The Morgan fingerprint density at radius 1 is 1.38 bits per heavy atom. The van der Waals surface area contributed by atoms with E-state index in [1.165, 1.54) is 24.3 Å². The summed E-state index contributed by atoms with van der Waals surface area (Å²) < 4.78 is 39.6. The lowest BCUT2D eigenvalue weighted by atomic mass is 10.1. The molecule has 0 aliphatic heterocycles. The number of hydrogen-bond donors (Lipinski definition) is 0. The Morgan fingerprint density at radius 2 is 2.06 bits per heavy atom. The molecule has 0 heterocycles. The van der Waals surface area contributed by atoms with Crippen molar-refractivity contribution in [2.24, 2.45) is 0 Å². The fourth-order valence-corrected chi connectivity index (χ4v) is 1.07. The molecule has 0 saturated heterocycles. The molecule has 0 N–H and O–H groups in total. The van der Waals surface area contributed by atoms with E-state index in [-0.39, 0.29) is 12.2 Å². The van der Waals surface area contributed by atoms with Gasteiger partial charge in [-0.05, 0) is 17.2 Å². The number of aromatic carboxylic acids is 1. The lowest BCUT2D eigenvalue weighted by Gasteiger charge is -2.09. The first-order valence-corrected chi connectivity index (χ1v) is 4.33. The first-order chi connectivity index (χ1) is 7.38. The molecule has 0 aliphatic carbocycles. The maximum Gasteiger partial charge on any atom is 0.411 e. The molecule has 88 valence electrons. The minimum Gasteiger partial charge on any atom is -0.545 e. The Hall–Kier alpha value is -1.56. The van der Waals surface area contributed by atoms with E-state index in [0.717, 1.165) is 0 Å².